The fourth-order valence-corrected chi connectivity index (χ4v) is 4.69. The van der Waals surface area contributed by atoms with Crippen LogP contribution in [0.4, 0.5) is 5.69 Å². The number of carbonyl (C=O) groups excluding carboxylic acids is 2. The average molecular weight is 413 g/mol. The smallest absolute Gasteiger partial charge is 0.324 e. The number of aliphatic carboxylic acids is 1. The molecule has 2 aromatic rings. The molecule has 4 rings (SSSR count). The summed E-state index contributed by atoms with van der Waals surface area (Å²) >= 11 is 6.20. The Labute approximate surface area is 173 Å². The molecular weight excluding hydrogens is 392 g/mol. The van der Waals surface area contributed by atoms with Crippen LogP contribution in [0.25, 0.3) is 0 Å². The molecule has 0 saturated carbocycles. The van der Waals surface area contributed by atoms with Crippen LogP contribution in [0.15, 0.2) is 42.5 Å². The van der Waals surface area contributed by atoms with Gasteiger partial charge in [0.25, 0.3) is 0 Å². The van der Waals surface area contributed by atoms with E-state index in [9.17, 15) is 19.5 Å². The van der Waals surface area contributed by atoms with Crippen LogP contribution in [0, 0.1) is 25.7 Å². The van der Waals surface area contributed by atoms with E-state index in [0.717, 1.165) is 21.6 Å². The zero-order chi connectivity index (χ0) is 21.1. The van der Waals surface area contributed by atoms with Crippen molar-refractivity contribution >= 4 is 35.1 Å². The molecular formula is C22H21ClN2O4. The molecule has 29 heavy (non-hydrogen) atoms. The van der Waals surface area contributed by atoms with Crippen molar-refractivity contribution in [1.82, 2.24) is 5.32 Å². The Balaban J connectivity index is 1.85. The number of aryl methyl sites for hydroxylation is 2. The van der Waals surface area contributed by atoms with Crippen LogP contribution in [-0.4, -0.2) is 28.4 Å². The van der Waals surface area contributed by atoms with E-state index >= 15 is 0 Å². The maximum atomic E-state index is 13.4. The Morgan fingerprint density at radius 2 is 1.79 bits per heavy atom. The molecule has 0 bridgehead atoms. The minimum atomic E-state index is -1.56. The second-order valence-electron chi connectivity index (χ2n) is 7.93. The Hall–Kier alpha value is -2.70. The summed E-state index contributed by atoms with van der Waals surface area (Å²) in [7, 11) is 0. The van der Waals surface area contributed by atoms with Crippen molar-refractivity contribution in [2.45, 2.75) is 32.4 Å². The third-order valence-corrected chi connectivity index (χ3v) is 6.58. The maximum Gasteiger partial charge on any atom is 0.324 e. The Morgan fingerprint density at radius 1 is 1.10 bits per heavy atom. The van der Waals surface area contributed by atoms with Gasteiger partial charge in [-0.2, -0.15) is 0 Å². The lowest BCUT2D eigenvalue weighted by Crippen LogP contribution is -2.53. The molecule has 4 unspecified atom stereocenters. The Kier molecular flexibility index (Phi) is 4.52. The van der Waals surface area contributed by atoms with E-state index in [1.165, 1.54) is 6.92 Å². The van der Waals surface area contributed by atoms with Crippen molar-refractivity contribution in [3.63, 3.8) is 0 Å². The highest BCUT2D eigenvalue weighted by Gasteiger charge is 2.67. The van der Waals surface area contributed by atoms with Crippen LogP contribution in [0.1, 0.15) is 29.7 Å². The zero-order valence-corrected chi connectivity index (χ0v) is 17.0. The lowest BCUT2D eigenvalue weighted by Gasteiger charge is -2.27. The van der Waals surface area contributed by atoms with Gasteiger partial charge in [0.05, 0.1) is 17.5 Å². The number of benzene rings is 2. The van der Waals surface area contributed by atoms with Crippen molar-refractivity contribution in [1.29, 1.82) is 0 Å². The number of halogens is 1. The van der Waals surface area contributed by atoms with Gasteiger partial charge in [0.15, 0.2) is 0 Å². The van der Waals surface area contributed by atoms with Gasteiger partial charge in [-0.05, 0) is 49.6 Å². The number of carboxylic acid groups (broad SMARTS) is 1. The largest absolute Gasteiger partial charge is 0.480 e. The number of fused-ring (bicyclic) bond motifs is 1. The summed E-state index contributed by atoms with van der Waals surface area (Å²) in [5.74, 6) is -3.92. The second kappa shape index (κ2) is 6.68. The summed E-state index contributed by atoms with van der Waals surface area (Å²) in [5.41, 5.74) is 1.37. The molecule has 2 amide bonds. The average Bonchev–Trinajstić information content (AvgIpc) is 3.12. The molecule has 4 atom stereocenters. The molecule has 2 heterocycles. The van der Waals surface area contributed by atoms with Crippen molar-refractivity contribution in [2.24, 2.45) is 11.8 Å². The van der Waals surface area contributed by atoms with E-state index in [1.807, 2.05) is 38.1 Å². The minimum absolute atomic E-state index is 0.362. The summed E-state index contributed by atoms with van der Waals surface area (Å²) in [5, 5.41) is 13.5. The number of nitrogens with one attached hydrogen (secondary N) is 1. The molecule has 2 aromatic carbocycles. The summed E-state index contributed by atoms with van der Waals surface area (Å²) < 4.78 is 0. The van der Waals surface area contributed by atoms with E-state index in [0.29, 0.717) is 10.7 Å². The van der Waals surface area contributed by atoms with Crippen LogP contribution in [-0.2, 0) is 14.4 Å². The van der Waals surface area contributed by atoms with Gasteiger partial charge in [-0.15, -0.1) is 0 Å². The number of hydrogen-bond donors (Lipinski definition) is 2. The van der Waals surface area contributed by atoms with Gasteiger partial charge in [-0.25, -0.2) is 4.90 Å². The number of carbonyl (C=O) groups is 3. The molecule has 0 radical (unpaired) electrons. The van der Waals surface area contributed by atoms with Gasteiger partial charge in [-0.3, -0.25) is 19.7 Å². The highest BCUT2D eigenvalue weighted by molar-refractivity contribution is 6.32. The molecule has 0 aliphatic carbocycles. The van der Waals surface area contributed by atoms with E-state index in [1.54, 1.807) is 18.2 Å². The molecule has 0 aromatic heterocycles. The molecule has 6 nitrogen and oxygen atoms in total. The molecule has 7 heteroatoms. The Morgan fingerprint density at radius 3 is 2.41 bits per heavy atom. The number of carboxylic acids is 1. The molecule has 2 saturated heterocycles. The highest BCUT2D eigenvalue weighted by atomic mass is 35.5. The van der Waals surface area contributed by atoms with Crippen LogP contribution >= 0.6 is 11.6 Å². The van der Waals surface area contributed by atoms with E-state index in [4.69, 9.17) is 11.6 Å². The third kappa shape index (κ3) is 2.78. The van der Waals surface area contributed by atoms with E-state index in [-0.39, 0.29) is 0 Å². The van der Waals surface area contributed by atoms with Gasteiger partial charge in [0.2, 0.25) is 11.8 Å². The van der Waals surface area contributed by atoms with Gasteiger partial charge in [-0.1, -0.05) is 41.9 Å². The minimum Gasteiger partial charge on any atom is -0.480 e. The van der Waals surface area contributed by atoms with Crippen LogP contribution < -0.4 is 10.2 Å². The second-order valence-corrected chi connectivity index (χ2v) is 8.34. The van der Waals surface area contributed by atoms with E-state index in [2.05, 4.69) is 5.32 Å². The van der Waals surface area contributed by atoms with Gasteiger partial charge < -0.3 is 5.11 Å². The predicted molar refractivity (Wildman–Crippen MR) is 109 cm³/mol. The number of rotatable bonds is 3. The third-order valence-electron chi connectivity index (χ3n) is 6.17. The molecule has 150 valence electrons. The number of amides is 2. The first-order valence-electron chi connectivity index (χ1n) is 9.37. The quantitative estimate of drug-likeness (QED) is 0.756. The first-order valence-corrected chi connectivity index (χ1v) is 9.75. The van der Waals surface area contributed by atoms with Crippen LogP contribution in [0.5, 0.6) is 0 Å². The van der Waals surface area contributed by atoms with Crippen LogP contribution in [0.2, 0.25) is 5.02 Å². The lowest BCUT2D eigenvalue weighted by molar-refractivity contribution is -0.147. The molecule has 2 N–H and O–H groups in total. The molecule has 2 aliphatic rings. The van der Waals surface area contributed by atoms with E-state index < -0.39 is 41.2 Å². The number of hydrogen-bond acceptors (Lipinski definition) is 4. The molecule has 2 aliphatic heterocycles. The van der Waals surface area contributed by atoms with Gasteiger partial charge >= 0.3 is 5.97 Å². The summed E-state index contributed by atoms with van der Waals surface area (Å²) in [6.07, 6.45) is 0. The van der Waals surface area contributed by atoms with Crippen molar-refractivity contribution in [2.75, 3.05) is 4.90 Å². The van der Waals surface area contributed by atoms with Crippen LogP contribution in [0.3, 0.4) is 0 Å². The van der Waals surface area contributed by atoms with Crippen molar-refractivity contribution < 1.29 is 19.5 Å². The number of imide groups is 1. The monoisotopic (exact) mass is 412 g/mol. The summed E-state index contributed by atoms with van der Waals surface area (Å²) in [6.45, 7) is 5.21. The normalized spacial score (nSPS) is 28.7. The zero-order valence-electron chi connectivity index (χ0n) is 16.3. The molecule has 0 spiro atoms. The highest BCUT2D eigenvalue weighted by Crippen LogP contribution is 2.50. The van der Waals surface area contributed by atoms with Gasteiger partial charge in [0.1, 0.15) is 5.54 Å². The summed E-state index contributed by atoms with van der Waals surface area (Å²) in [4.78, 5) is 40.0. The topological polar surface area (TPSA) is 86.7 Å². The SMILES string of the molecule is Cc1ccc(N2C(=O)C3C(c4ccccc4C)NC(C)(C(=O)O)C3C2=O)cc1Cl. The lowest BCUT2D eigenvalue weighted by atomic mass is 9.80. The summed E-state index contributed by atoms with van der Waals surface area (Å²) in [6, 6.07) is 11.9. The maximum absolute atomic E-state index is 13.4. The standard InChI is InChI=1S/C22H21ClN2O4/c1-11-6-4-5-7-14(11)18-16-17(22(3,24-18)21(28)29)20(27)25(19(16)26)13-9-8-12(2)15(23)10-13/h4-10,16-18,24H,1-3H3,(H,28,29). The Bertz CT molecular complexity index is 1050. The predicted octanol–water partition coefficient (Wildman–Crippen LogP) is 3.25. The fraction of sp³-hybridized carbons (Fsp3) is 0.318. The first kappa shape index (κ1) is 19.6. The number of nitrogens with zero attached hydrogens (tertiary/aromatic N) is 1. The van der Waals surface area contributed by atoms with Crippen molar-refractivity contribution in [3.8, 4) is 0 Å². The van der Waals surface area contributed by atoms with Crippen molar-refractivity contribution in [3.05, 3.63) is 64.2 Å². The molecule has 2 fully saturated rings. The van der Waals surface area contributed by atoms with Gasteiger partial charge in [0, 0.05) is 11.1 Å². The number of anilines is 1. The fourth-order valence-electron chi connectivity index (χ4n) is 4.51. The first-order chi connectivity index (χ1) is 13.7.